The highest BCUT2D eigenvalue weighted by Gasteiger charge is 2.11. The fourth-order valence-corrected chi connectivity index (χ4v) is 2.03. The zero-order valence-electron chi connectivity index (χ0n) is 10.9. The van der Waals surface area contributed by atoms with Crippen LogP contribution in [0.3, 0.4) is 0 Å². The first-order chi connectivity index (χ1) is 8.69. The van der Waals surface area contributed by atoms with E-state index in [1.54, 1.807) is 4.68 Å². The van der Waals surface area contributed by atoms with Gasteiger partial charge < -0.3 is 0 Å². The Kier molecular flexibility index (Phi) is 4.12. The van der Waals surface area contributed by atoms with Gasteiger partial charge in [-0.2, -0.15) is 5.10 Å². The largest absolute Gasteiger partial charge is 0.275 e. The van der Waals surface area contributed by atoms with E-state index in [0.717, 1.165) is 18.4 Å². The van der Waals surface area contributed by atoms with Crippen LogP contribution in [0.15, 0.2) is 36.7 Å². The van der Waals surface area contributed by atoms with Gasteiger partial charge in [-0.3, -0.25) is 16.0 Å². The molecule has 4 heteroatoms. The van der Waals surface area contributed by atoms with Gasteiger partial charge in [-0.05, 0) is 25.3 Å². The first-order valence-electron chi connectivity index (χ1n) is 6.19. The summed E-state index contributed by atoms with van der Waals surface area (Å²) in [6.07, 6.45) is 5.83. The predicted molar refractivity (Wildman–Crippen MR) is 72.8 cm³/mol. The molecule has 1 atom stereocenters. The van der Waals surface area contributed by atoms with Crippen LogP contribution in [0.4, 0.5) is 0 Å². The molecule has 0 saturated carbocycles. The van der Waals surface area contributed by atoms with Crippen molar-refractivity contribution in [2.24, 2.45) is 12.9 Å². The van der Waals surface area contributed by atoms with Crippen LogP contribution in [0, 0.1) is 6.92 Å². The smallest absolute Gasteiger partial charge is 0.0538 e. The second-order valence-corrected chi connectivity index (χ2v) is 4.69. The van der Waals surface area contributed by atoms with Gasteiger partial charge in [0.1, 0.15) is 0 Å². The molecule has 3 N–H and O–H groups in total. The zero-order chi connectivity index (χ0) is 13.0. The normalized spacial score (nSPS) is 12.6. The third kappa shape index (κ3) is 3.18. The summed E-state index contributed by atoms with van der Waals surface area (Å²) in [4.78, 5) is 0. The molecule has 0 amide bonds. The summed E-state index contributed by atoms with van der Waals surface area (Å²) in [6.45, 7) is 2.10. The number of aryl methyl sites for hydroxylation is 3. The molecular weight excluding hydrogens is 224 g/mol. The maximum absolute atomic E-state index is 5.62. The number of hydrogen-bond donors (Lipinski definition) is 2. The number of nitrogens with zero attached hydrogens (tertiary/aromatic N) is 2. The van der Waals surface area contributed by atoms with Crippen LogP contribution >= 0.6 is 0 Å². The molecule has 96 valence electrons. The molecule has 0 aliphatic rings. The Labute approximate surface area is 108 Å². The predicted octanol–water partition coefficient (Wildman–Crippen LogP) is 1.87. The fourth-order valence-electron chi connectivity index (χ4n) is 2.03. The minimum Gasteiger partial charge on any atom is -0.275 e. The van der Waals surface area contributed by atoms with Crippen molar-refractivity contribution in [3.05, 3.63) is 53.3 Å². The maximum atomic E-state index is 5.62. The highest BCUT2D eigenvalue weighted by molar-refractivity contribution is 5.22. The summed E-state index contributed by atoms with van der Waals surface area (Å²) in [5.41, 5.74) is 6.62. The van der Waals surface area contributed by atoms with Gasteiger partial charge in [-0.1, -0.05) is 29.8 Å². The Morgan fingerprint density at radius 1 is 1.33 bits per heavy atom. The van der Waals surface area contributed by atoms with Crippen LogP contribution < -0.4 is 11.3 Å². The number of nitrogens with one attached hydrogen (secondary N) is 1. The Morgan fingerprint density at radius 3 is 2.61 bits per heavy atom. The molecule has 0 bridgehead atoms. The molecule has 0 spiro atoms. The van der Waals surface area contributed by atoms with Crippen LogP contribution in [-0.2, 0) is 13.5 Å². The van der Waals surface area contributed by atoms with Crippen LogP contribution in [0.1, 0.15) is 29.2 Å². The second-order valence-electron chi connectivity index (χ2n) is 4.69. The topological polar surface area (TPSA) is 55.9 Å². The van der Waals surface area contributed by atoms with Gasteiger partial charge in [0.05, 0.1) is 6.20 Å². The van der Waals surface area contributed by atoms with Crippen molar-refractivity contribution in [2.75, 3.05) is 0 Å². The summed E-state index contributed by atoms with van der Waals surface area (Å²) < 4.78 is 1.80. The van der Waals surface area contributed by atoms with Gasteiger partial charge in [0.2, 0.25) is 0 Å². The Hall–Kier alpha value is -1.65. The van der Waals surface area contributed by atoms with Crippen LogP contribution in [0.25, 0.3) is 0 Å². The van der Waals surface area contributed by atoms with E-state index >= 15 is 0 Å². The molecule has 18 heavy (non-hydrogen) atoms. The van der Waals surface area contributed by atoms with Crippen LogP contribution in [0.2, 0.25) is 0 Å². The van der Waals surface area contributed by atoms with Crippen molar-refractivity contribution in [3.63, 3.8) is 0 Å². The van der Waals surface area contributed by atoms with Crippen molar-refractivity contribution >= 4 is 0 Å². The average molecular weight is 244 g/mol. The Balaban J connectivity index is 1.97. The number of benzene rings is 1. The monoisotopic (exact) mass is 244 g/mol. The van der Waals surface area contributed by atoms with Crippen LogP contribution in [-0.4, -0.2) is 9.78 Å². The van der Waals surface area contributed by atoms with Crippen molar-refractivity contribution in [2.45, 2.75) is 25.8 Å². The molecule has 0 radical (unpaired) electrons. The fraction of sp³-hybridized carbons (Fsp3) is 0.357. The van der Waals surface area contributed by atoms with Gasteiger partial charge >= 0.3 is 0 Å². The number of nitrogens with two attached hydrogens (primary N) is 1. The number of hydrazine groups is 1. The summed E-state index contributed by atoms with van der Waals surface area (Å²) in [6, 6.07) is 8.78. The molecule has 0 aliphatic heterocycles. The molecule has 1 aromatic heterocycles. The Morgan fingerprint density at radius 2 is 2.06 bits per heavy atom. The first-order valence-corrected chi connectivity index (χ1v) is 6.19. The third-order valence-corrected chi connectivity index (χ3v) is 3.17. The second kappa shape index (κ2) is 5.80. The average Bonchev–Trinajstić information content (AvgIpc) is 2.79. The van der Waals surface area contributed by atoms with E-state index in [4.69, 9.17) is 5.84 Å². The lowest BCUT2D eigenvalue weighted by molar-refractivity contribution is 0.516. The lowest BCUT2D eigenvalue weighted by Gasteiger charge is -2.14. The van der Waals surface area contributed by atoms with E-state index in [-0.39, 0.29) is 6.04 Å². The molecule has 1 heterocycles. The maximum Gasteiger partial charge on any atom is 0.0538 e. The van der Waals surface area contributed by atoms with E-state index in [1.165, 1.54) is 11.1 Å². The first kappa shape index (κ1) is 12.8. The SMILES string of the molecule is Cc1ccc(CCC(NN)c2cnn(C)c2)cc1. The quantitative estimate of drug-likeness (QED) is 0.623. The van der Waals surface area contributed by atoms with Crippen molar-refractivity contribution in [1.29, 1.82) is 0 Å². The van der Waals surface area contributed by atoms with Crippen LogP contribution in [0.5, 0.6) is 0 Å². The molecule has 1 aromatic carbocycles. The van der Waals surface area contributed by atoms with Crippen molar-refractivity contribution in [3.8, 4) is 0 Å². The minimum absolute atomic E-state index is 0.153. The van der Waals surface area contributed by atoms with Crippen molar-refractivity contribution in [1.82, 2.24) is 15.2 Å². The van der Waals surface area contributed by atoms with Crippen molar-refractivity contribution < 1.29 is 0 Å². The van der Waals surface area contributed by atoms with E-state index in [0.29, 0.717) is 0 Å². The van der Waals surface area contributed by atoms with E-state index in [9.17, 15) is 0 Å². The zero-order valence-corrected chi connectivity index (χ0v) is 10.9. The number of rotatable bonds is 5. The highest BCUT2D eigenvalue weighted by atomic mass is 15.3. The number of hydrogen-bond acceptors (Lipinski definition) is 3. The molecular formula is C14H20N4. The molecule has 2 aromatic rings. The Bertz CT molecular complexity index is 487. The minimum atomic E-state index is 0.153. The standard InChI is InChI=1S/C14H20N4/c1-11-3-5-12(6-4-11)7-8-14(17-15)13-9-16-18(2)10-13/h3-6,9-10,14,17H,7-8,15H2,1-2H3. The summed E-state index contributed by atoms with van der Waals surface area (Å²) in [5.74, 6) is 5.62. The molecule has 4 nitrogen and oxygen atoms in total. The van der Waals surface area contributed by atoms with E-state index < -0.39 is 0 Å². The molecule has 2 rings (SSSR count). The lowest BCUT2D eigenvalue weighted by atomic mass is 10.0. The van der Waals surface area contributed by atoms with Gasteiger partial charge in [0.15, 0.2) is 0 Å². The summed E-state index contributed by atoms with van der Waals surface area (Å²) in [7, 11) is 1.91. The van der Waals surface area contributed by atoms with Gasteiger partial charge in [-0.25, -0.2) is 0 Å². The van der Waals surface area contributed by atoms with Gasteiger partial charge in [0.25, 0.3) is 0 Å². The lowest BCUT2D eigenvalue weighted by Crippen LogP contribution is -2.28. The van der Waals surface area contributed by atoms with Gasteiger partial charge in [0, 0.05) is 24.8 Å². The summed E-state index contributed by atoms with van der Waals surface area (Å²) >= 11 is 0. The molecule has 0 aliphatic carbocycles. The van der Waals surface area contributed by atoms with E-state index in [2.05, 4.69) is 41.7 Å². The van der Waals surface area contributed by atoms with Gasteiger partial charge in [-0.15, -0.1) is 0 Å². The van der Waals surface area contributed by atoms with E-state index in [1.807, 2.05) is 19.4 Å². The molecule has 0 saturated heterocycles. The molecule has 0 fully saturated rings. The third-order valence-electron chi connectivity index (χ3n) is 3.17. The highest BCUT2D eigenvalue weighted by Crippen LogP contribution is 2.18. The number of aromatic nitrogens is 2. The summed E-state index contributed by atoms with van der Waals surface area (Å²) in [5, 5.41) is 4.17. The molecule has 1 unspecified atom stereocenters.